The van der Waals surface area contributed by atoms with Crippen molar-refractivity contribution in [3.8, 4) is 0 Å². The second kappa shape index (κ2) is 7.81. The first-order valence-corrected chi connectivity index (χ1v) is 10.2. The summed E-state index contributed by atoms with van der Waals surface area (Å²) in [5.41, 5.74) is 7.09. The smallest absolute Gasteiger partial charge is 0.251 e. The fourth-order valence-electron chi connectivity index (χ4n) is 2.94. The molecule has 25 heavy (non-hydrogen) atoms. The number of hydrogen-bond donors (Lipinski definition) is 2. The monoisotopic (exact) mass is 394 g/mol. The largest absolute Gasteiger partial charge is 0.365 e. The second-order valence-corrected chi connectivity index (χ2v) is 8.80. The molecule has 3 N–H and O–H groups in total. The Bertz CT molecular complexity index is 802. The average Bonchev–Trinajstić information content (AvgIpc) is 2.91. The van der Waals surface area contributed by atoms with Crippen LogP contribution in [-0.4, -0.2) is 17.6 Å². The third-order valence-electron chi connectivity index (χ3n) is 4.19. The highest BCUT2D eigenvalue weighted by Gasteiger charge is 2.27. The number of carbonyl (C=O) groups is 2. The van der Waals surface area contributed by atoms with E-state index < -0.39 is 5.91 Å². The van der Waals surface area contributed by atoms with Gasteiger partial charge < -0.3 is 11.1 Å². The molecule has 4 nitrogen and oxygen atoms in total. The summed E-state index contributed by atoms with van der Waals surface area (Å²) in [5.74, 6) is 0.247. The van der Waals surface area contributed by atoms with E-state index in [4.69, 9.17) is 17.3 Å². The number of halogens is 1. The maximum Gasteiger partial charge on any atom is 0.251 e. The van der Waals surface area contributed by atoms with E-state index in [-0.39, 0.29) is 11.7 Å². The predicted octanol–water partition coefficient (Wildman–Crippen LogP) is 4.36. The SMILES string of the molecule is C[C@@H]1CCc2c(sc(NC(=O)CSc3ccc(Cl)cc3)c2C(N)=O)C1. The van der Waals surface area contributed by atoms with Gasteiger partial charge in [0.2, 0.25) is 5.91 Å². The van der Waals surface area contributed by atoms with Crippen LogP contribution in [0.2, 0.25) is 5.02 Å². The lowest BCUT2D eigenvalue weighted by atomic mass is 9.88. The van der Waals surface area contributed by atoms with E-state index in [1.54, 1.807) is 12.1 Å². The lowest BCUT2D eigenvalue weighted by Gasteiger charge is -2.18. The maximum absolute atomic E-state index is 12.3. The highest BCUT2D eigenvalue weighted by molar-refractivity contribution is 8.00. The number of anilines is 1. The van der Waals surface area contributed by atoms with Gasteiger partial charge in [0.05, 0.1) is 11.3 Å². The fraction of sp³-hybridized carbons (Fsp3) is 0.333. The van der Waals surface area contributed by atoms with Gasteiger partial charge in [-0.3, -0.25) is 9.59 Å². The van der Waals surface area contributed by atoms with Crippen LogP contribution in [0.5, 0.6) is 0 Å². The molecule has 0 unspecified atom stereocenters. The van der Waals surface area contributed by atoms with Crippen molar-refractivity contribution in [1.29, 1.82) is 0 Å². The number of thioether (sulfide) groups is 1. The van der Waals surface area contributed by atoms with E-state index in [9.17, 15) is 9.59 Å². The van der Waals surface area contributed by atoms with Crippen molar-refractivity contribution in [2.75, 3.05) is 11.1 Å². The minimum Gasteiger partial charge on any atom is -0.365 e. The highest BCUT2D eigenvalue weighted by atomic mass is 35.5. The molecular formula is C18H19ClN2O2S2. The third kappa shape index (κ3) is 4.37. The van der Waals surface area contributed by atoms with Gasteiger partial charge in [0, 0.05) is 14.8 Å². The number of nitrogens with one attached hydrogen (secondary N) is 1. The zero-order valence-corrected chi connectivity index (χ0v) is 16.2. The van der Waals surface area contributed by atoms with Gasteiger partial charge in [-0.05, 0) is 55.0 Å². The lowest BCUT2D eigenvalue weighted by molar-refractivity contribution is -0.113. The van der Waals surface area contributed by atoms with Crippen molar-refractivity contribution < 1.29 is 9.59 Å². The van der Waals surface area contributed by atoms with Crippen LogP contribution < -0.4 is 11.1 Å². The van der Waals surface area contributed by atoms with Gasteiger partial charge in [-0.1, -0.05) is 18.5 Å². The van der Waals surface area contributed by atoms with Crippen LogP contribution in [0.1, 0.15) is 34.1 Å². The molecule has 0 radical (unpaired) electrons. The quantitative estimate of drug-likeness (QED) is 0.740. The van der Waals surface area contributed by atoms with Crippen LogP contribution in [0.3, 0.4) is 0 Å². The van der Waals surface area contributed by atoms with Crippen LogP contribution >= 0.6 is 34.7 Å². The van der Waals surface area contributed by atoms with Crippen molar-refractivity contribution in [3.63, 3.8) is 0 Å². The van der Waals surface area contributed by atoms with E-state index in [0.717, 1.165) is 29.7 Å². The van der Waals surface area contributed by atoms with E-state index in [2.05, 4.69) is 12.2 Å². The first-order valence-electron chi connectivity index (χ1n) is 8.06. The van der Waals surface area contributed by atoms with Gasteiger partial charge in [0.25, 0.3) is 5.91 Å². The van der Waals surface area contributed by atoms with Gasteiger partial charge in [-0.15, -0.1) is 23.1 Å². The molecule has 1 aliphatic carbocycles. The molecule has 0 saturated heterocycles. The van der Waals surface area contributed by atoms with Gasteiger partial charge in [-0.2, -0.15) is 0 Å². The molecule has 2 amide bonds. The number of primary amides is 1. The summed E-state index contributed by atoms with van der Waals surface area (Å²) in [6, 6.07) is 7.34. The molecule has 0 bridgehead atoms. The molecule has 1 aromatic heterocycles. The van der Waals surface area contributed by atoms with Crippen molar-refractivity contribution in [2.24, 2.45) is 11.7 Å². The third-order valence-corrected chi connectivity index (χ3v) is 6.63. The topological polar surface area (TPSA) is 72.2 Å². The molecule has 0 fully saturated rings. The Balaban J connectivity index is 1.70. The van der Waals surface area contributed by atoms with Gasteiger partial charge in [-0.25, -0.2) is 0 Å². The van der Waals surface area contributed by atoms with Crippen molar-refractivity contribution in [3.05, 3.63) is 45.3 Å². The van der Waals surface area contributed by atoms with E-state index in [1.165, 1.54) is 28.0 Å². The van der Waals surface area contributed by atoms with Crippen molar-refractivity contribution in [1.82, 2.24) is 0 Å². The van der Waals surface area contributed by atoms with Crippen molar-refractivity contribution >= 4 is 51.5 Å². The predicted molar refractivity (Wildman–Crippen MR) is 105 cm³/mol. The summed E-state index contributed by atoms with van der Waals surface area (Å²) in [6.07, 6.45) is 2.83. The van der Waals surface area contributed by atoms with E-state index in [0.29, 0.717) is 21.5 Å². The number of nitrogens with two attached hydrogens (primary N) is 1. The summed E-state index contributed by atoms with van der Waals surface area (Å²) in [6.45, 7) is 2.20. The lowest BCUT2D eigenvalue weighted by Crippen LogP contribution is -2.20. The molecule has 1 aliphatic rings. The Morgan fingerprint density at radius 1 is 1.36 bits per heavy atom. The zero-order chi connectivity index (χ0) is 18.0. The maximum atomic E-state index is 12.3. The standard InChI is InChI=1S/C18H19ClN2O2S2/c1-10-2-7-13-14(8-10)25-18(16(13)17(20)23)21-15(22)9-24-12-5-3-11(19)4-6-12/h3-6,10H,2,7-9H2,1H3,(H2,20,23)(H,21,22)/t10-/m1/s1. The molecule has 0 spiro atoms. The zero-order valence-electron chi connectivity index (χ0n) is 13.8. The summed E-state index contributed by atoms with van der Waals surface area (Å²) >= 11 is 8.77. The minimum absolute atomic E-state index is 0.144. The van der Waals surface area contributed by atoms with Gasteiger partial charge in [0.15, 0.2) is 0 Å². The van der Waals surface area contributed by atoms with Gasteiger partial charge >= 0.3 is 0 Å². The Morgan fingerprint density at radius 2 is 2.08 bits per heavy atom. The number of amides is 2. The highest BCUT2D eigenvalue weighted by Crippen LogP contribution is 2.39. The Labute approximate surface area is 160 Å². The van der Waals surface area contributed by atoms with Crippen LogP contribution in [-0.2, 0) is 17.6 Å². The molecule has 1 atom stereocenters. The van der Waals surface area contributed by atoms with Crippen LogP contribution in [0.4, 0.5) is 5.00 Å². The normalized spacial score (nSPS) is 16.3. The molecule has 132 valence electrons. The Kier molecular flexibility index (Phi) is 5.71. The van der Waals surface area contributed by atoms with Crippen LogP contribution in [0, 0.1) is 5.92 Å². The summed E-state index contributed by atoms with van der Waals surface area (Å²) in [5, 5.41) is 4.13. The molecule has 1 heterocycles. The molecular weight excluding hydrogens is 376 g/mol. The Morgan fingerprint density at radius 3 is 2.76 bits per heavy atom. The molecule has 7 heteroatoms. The van der Waals surface area contributed by atoms with Crippen molar-refractivity contribution in [2.45, 2.75) is 31.1 Å². The molecule has 0 aliphatic heterocycles. The number of thiophene rings is 1. The van der Waals surface area contributed by atoms with Crippen LogP contribution in [0.15, 0.2) is 29.2 Å². The summed E-state index contributed by atoms with van der Waals surface area (Å²) in [7, 11) is 0. The summed E-state index contributed by atoms with van der Waals surface area (Å²) in [4.78, 5) is 26.3. The van der Waals surface area contributed by atoms with Crippen LogP contribution in [0.25, 0.3) is 0 Å². The van der Waals surface area contributed by atoms with E-state index in [1.807, 2.05) is 12.1 Å². The minimum atomic E-state index is -0.465. The summed E-state index contributed by atoms with van der Waals surface area (Å²) < 4.78 is 0. The number of rotatable bonds is 5. The van der Waals surface area contributed by atoms with E-state index >= 15 is 0 Å². The number of benzene rings is 1. The Hall–Kier alpha value is -1.50. The first-order chi connectivity index (χ1) is 11.9. The molecule has 0 saturated carbocycles. The molecule has 2 aromatic rings. The first kappa shape index (κ1) is 18.3. The number of hydrogen-bond acceptors (Lipinski definition) is 4. The average molecular weight is 395 g/mol. The van der Waals surface area contributed by atoms with Gasteiger partial charge in [0.1, 0.15) is 5.00 Å². The second-order valence-electron chi connectivity index (χ2n) is 6.21. The number of fused-ring (bicyclic) bond motifs is 1. The molecule has 3 rings (SSSR count). The molecule has 1 aromatic carbocycles. The number of carbonyl (C=O) groups excluding carboxylic acids is 2. The fourth-order valence-corrected chi connectivity index (χ4v) is 5.20.